The third-order valence-corrected chi connectivity index (χ3v) is 2.30. The molecule has 2 nitrogen and oxygen atoms in total. The van der Waals surface area contributed by atoms with Crippen molar-refractivity contribution in [2.45, 2.75) is 6.92 Å². The highest BCUT2D eigenvalue weighted by atomic mass is 19.1. The van der Waals surface area contributed by atoms with Crippen LogP contribution in [0.3, 0.4) is 0 Å². The molecule has 0 unspecified atom stereocenters. The number of pyridine rings is 1. The van der Waals surface area contributed by atoms with Gasteiger partial charge in [0.25, 0.3) is 0 Å². The molecular formula is C13H10FNO. The zero-order valence-corrected chi connectivity index (χ0v) is 8.77. The number of carbonyl (C=O) groups excluding carboxylic acids is 1. The van der Waals surface area contributed by atoms with Gasteiger partial charge in [0.05, 0.1) is 5.69 Å². The number of aldehydes is 1. The van der Waals surface area contributed by atoms with E-state index in [1.165, 1.54) is 12.1 Å². The van der Waals surface area contributed by atoms with Gasteiger partial charge in [-0.05, 0) is 37.3 Å². The van der Waals surface area contributed by atoms with Crippen LogP contribution in [0.2, 0.25) is 0 Å². The molecule has 0 fully saturated rings. The van der Waals surface area contributed by atoms with Crippen LogP contribution in [0.1, 0.15) is 16.1 Å². The van der Waals surface area contributed by atoms with Crippen LogP contribution in [0.4, 0.5) is 4.39 Å². The number of aromatic nitrogens is 1. The van der Waals surface area contributed by atoms with Gasteiger partial charge in [-0.1, -0.05) is 6.07 Å². The van der Waals surface area contributed by atoms with Gasteiger partial charge in [0.2, 0.25) is 0 Å². The summed E-state index contributed by atoms with van der Waals surface area (Å²) in [5.41, 5.74) is 2.51. The van der Waals surface area contributed by atoms with Gasteiger partial charge in [-0.25, -0.2) is 4.39 Å². The van der Waals surface area contributed by atoms with Crippen molar-refractivity contribution in [2.75, 3.05) is 0 Å². The first-order chi connectivity index (χ1) is 7.70. The molecule has 0 N–H and O–H groups in total. The molecule has 0 atom stereocenters. The summed E-state index contributed by atoms with van der Waals surface area (Å²) in [6.45, 7) is 1.87. The first-order valence-electron chi connectivity index (χ1n) is 4.89. The zero-order chi connectivity index (χ0) is 11.5. The van der Waals surface area contributed by atoms with E-state index in [0.29, 0.717) is 23.1 Å². The van der Waals surface area contributed by atoms with Crippen LogP contribution in [0.15, 0.2) is 36.4 Å². The average molecular weight is 215 g/mol. The summed E-state index contributed by atoms with van der Waals surface area (Å²) in [5.74, 6) is -0.418. The van der Waals surface area contributed by atoms with E-state index in [4.69, 9.17) is 0 Å². The molecule has 2 aromatic rings. The molecule has 0 saturated heterocycles. The number of hydrogen-bond donors (Lipinski definition) is 0. The number of aryl methyl sites for hydroxylation is 1. The molecule has 2 rings (SSSR count). The lowest BCUT2D eigenvalue weighted by molar-refractivity contribution is 0.112. The highest BCUT2D eigenvalue weighted by molar-refractivity contribution is 5.86. The minimum Gasteiger partial charge on any atom is -0.298 e. The van der Waals surface area contributed by atoms with E-state index in [2.05, 4.69) is 4.98 Å². The second-order valence-electron chi connectivity index (χ2n) is 3.51. The molecule has 0 aliphatic heterocycles. The molecule has 3 heteroatoms. The highest BCUT2D eigenvalue weighted by Crippen LogP contribution is 2.21. The van der Waals surface area contributed by atoms with Crippen LogP contribution in [0.5, 0.6) is 0 Å². The van der Waals surface area contributed by atoms with E-state index in [1.54, 1.807) is 12.1 Å². The van der Waals surface area contributed by atoms with Gasteiger partial charge in [0.15, 0.2) is 6.29 Å². The lowest BCUT2D eigenvalue weighted by Crippen LogP contribution is -1.92. The van der Waals surface area contributed by atoms with Gasteiger partial charge in [0.1, 0.15) is 5.82 Å². The fraction of sp³-hybridized carbons (Fsp3) is 0.0769. The summed E-state index contributed by atoms with van der Waals surface area (Å²) < 4.78 is 12.9. The Morgan fingerprint density at radius 1 is 1.25 bits per heavy atom. The van der Waals surface area contributed by atoms with Crippen molar-refractivity contribution in [1.29, 1.82) is 0 Å². The van der Waals surface area contributed by atoms with E-state index in [1.807, 2.05) is 19.1 Å². The second kappa shape index (κ2) is 4.23. The topological polar surface area (TPSA) is 30.0 Å². The van der Waals surface area contributed by atoms with Crippen molar-refractivity contribution in [3.8, 4) is 11.3 Å². The number of benzene rings is 1. The lowest BCUT2D eigenvalue weighted by Gasteiger charge is -2.04. The number of carbonyl (C=O) groups is 1. The number of hydrogen-bond acceptors (Lipinski definition) is 2. The van der Waals surface area contributed by atoms with E-state index in [9.17, 15) is 9.18 Å². The molecule has 0 spiro atoms. The van der Waals surface area contributed by atoms with Crippen LogP contribution >= 0.6 is 0 Å². The van der Waals surface area contributed by atoms with E-state index < -0.39 is 5.82 Å². The fourth-order valence-electron chi connectivity index (χ4n) is 1.56. The first kappa shape index (κ1) is 10.5. The number of nitrogens with zero attached hydrogens (tertiary/aromatic N) is 1. The number of halogens is 1. The van der Waals surface area contributed by atoms with E-state index >= 15 is 0 Å². The summed E-state index contributed by atoms with van der Waals surface area (Å²) in [4.78, 5) is 15.1. The molecular weight excluding hydrogens is 205 g/mol. The van der Waals surface area contributed by atoms with Gasteiger partial charge in [-0.2, -0.15) is 0 Å². The summed E-state index contributed by atoms with van der Waals surface area (Å²) in [7, 11) is 0. The van der Waals surface area contributed by atoms with Gasteiger partial charge in [-0.15, -0.1) is 0 Å². The quantitative estimate of drug-likeness (QED) is 0.721. The van der Waals surface area contributed by atoms with Crippen LogP contribution in [-0.2, 0) is 0 Å². The van der Waals surface area contributed by atoms with Crippen LogP contribution in [0, 0.1) is 12.7 Å². The molecule has 16 heavy (non-hydrogen) atoms. The van der Waals surface area contributed by atoms with Crippen LogP contribution < -0.4 is 0 Å². The molecule has 0 aliphatic carbocycles. The Labute approximate surface area is 92.8 Å². The molecule has 1 aromatic carbocycles. The summed E-state index contributed by atoms with van der Waals surface area (Å²) in [6, 6.07) is 9.63. The highest BCUT2D eigenvalue weighted by Gasteiger charge is 2.06. The maximum Gasteiger partial charge on any atom is 0.150 e. The van der Waals surface area contributed by atoms with Crippen molar-refractivity contribution in [3.63, 3.8) is 0 Å². The third-order valence-electron chi connectivity index (χ3n) is 2.30. The fourth-order valence-corrected chi connectivity index (χ4v) is 1.56. The maximum atomic E-state index is 12.9. The Morgan fingerprint density at radius 2 is 2.06 bits per heavy atom. The predicted octanol–water partition coefficient (Wildman–Crippen LogP) is 3.01. The maximum absolute atomic E-state index is 12.9. The summed E-state index contributed by atoms with van der Waals surface area (Å²) >= 11 is 0. The van der Waals surface area contributed by atoms with Crippen molar-refractivity contribution >= 4 is 6.29 Å². The van der Waals surface area contributed by atoms with Gasteiger partial charge in [0, 0.05) is 16.8 Å². The molecule has 0 bridgehead atoms. The van der Waals surface area contributed by atoms with Crippen molar-refractivity contribution < 1.29 is 9.18 Å². The zero-order valence-electron chi connectivity index (χ0n) is 8.77. The van der Waals surface area contributed by atoms with Crippen LogP contribution in [-0.4, -0.2) is 11.3 Å². The lowest BCUT2D eigenvalue weighted by atomic mass is 10.0. The average Bonchev–Trinajstić information content (AvgIpc) is 2.28. The molecule has 0 radical (unpaired) electrons. The molecule has 0 saturated carbocycles. The predicted molar refractivity (Wildman–Crippen MR) is 59.8 cm³/mol. The Hall–Kier alpha value is -2.03. The van der Waals surface area contributed by atoms with Crippen LogP contribution in [0.25, 0.3) is 11.3 Å². The molecule has 0 aliphatic rings. The van der Waals surface area contributed by atoms with Crippen molar-refractivity contribution in [1.82, 2.24) is 4.98 Å². The monoisotopic (exact) mass is 215 g/mol. The molecule has 0 amide bonds. The Morgan fingerprint density at radius 3 is 2.75 bits per heavy atom. The Bertz CT molecular complexity index is 537. The molecule has 1 aromatic heterocycles. The van der Waals surface area contributed by atoms with Gasteiger partial charge >= 0.3 is 0 Å². The minimum absolute atomic E-state index is 0.318. The van der Waals surface area contributed by atoms with Crippen molar-refractivity contribution in [2.24, 2.45) is 0 Å². The normalized spacial score (nSPS) is 10.1. The van der Waals surface area contributed by atoms with Crippen molar-refractivity contribution in [3.05, 3.63) is 53.5 Å². The summed E-state index contributed by atoms with van der Waals surface area (Å²) in [6.07, 6.45) is 0.641. The first-order valence-corrected chi connectivity index (χ1v) is 4.89. The molecule has 80 valence electrons. The second-order valence-corrected chi connectivity index (χ2v) is 3.51. The number of rotatable bonds is 2. The van der Waals surface area contributed by atoms with Gasteiger partial charge < -0.3 is 0 Å². The smallest absolute Gasteiger partial charge is 0.150 e. The van der Waals surface area contributed by atoms with E-state index in [0.717, 1.165) is 5.69 Å². The standard InChI is InChI=1S/C13H10FNO/c1-9-3-2-4-13(15-9)12-6-5-11(14)7-10(12)8-16/h2-8H,1H3. The Kier molecular flexibility index (Phi) is 2.77. The summed E-state index contributed by atoms with van der Waals surface area (Å²) in [5, 5.41) is 0. The largest absolute Gasteiger partial charge is 0.298 e. The Balaban J connectivity index is 2.59. The third kappa shape index (κ3) is 1.98. The SMILES string of the molecule is Cc1cccc(-c2ccc(F)cc2C=O)n1. The van der Waals surface area contributed by atoms with Gasteiger partial charge in [-0.3, -0.25) is 9.78 Å². The minimum atomic E-state index is -0.418. The molecule has 1 heterocycles. The van der Waals surface area contributed by atoms with E-state index in [-0.39, 0.29) is 0 Å².